The van der Waals surface area contributed by atoms with E-state index in [4.69, 9.17) is 16.0 Å². The van der Waals surface area contributed by atoms with Gasteiger partial charge < -0.3 is 9.73 Å². The van der Waals surface area contributed by atoms with E-state index in [-0.39, 0.29) is 12.3 Å². The first-order chi connectivity index (χ1) is 11.4. The highest BCUT2D eigenvalue weighted by Gasteiger charge is 2.16. The highest BCUT2D eigenvalue weighted by molar-refractivity contribution is 6.33. The molecule has 0 aliphatic rings. The molecule has 0 bridgehead atoms. The Labute approximate surface area is 146 Å². The van der Waals surface area contributed by atoms with Gasteiger partial charge in [0.2, 0.25) is 5.91 Å². The van der Waals surface area contributed by atoms with Gasteiger partial charge in [0.1, 0.15) is 5.58 Å². The van der Waals surface area contributed by atoms with Crippen LogP contribution in [0.25, 0.3) is 11.0 Å². The monoisotopic (exact) mass is 341 g/mol. The standard InChI is InChI=1S/C20H20ClNO2/c1-11-5-6-16(7-12(11)2)22-18(23)9-15-10-24-17-8-13(3)20(21)14(4)19(15)17/h5-8,10H,9H2,1-4H3,(H,22,23). The van der Waals surface area contributed by atoms with Crippen molar-refractivity contribution < 1.29 is 9.21 Å². The molecular weight excluding hydrogens is 322 g/mol. The maximum absolute atomic E-state index is 12.4. The summed E-state index contributed by atoms with van der Waals surface area (Å²) in [4.78, 5) is 12.4. The molecule has 124 valence electrons. The Morgan fingerprint density at radius 2 is 1.83 bits per heavy atom. The van der Waals surface area contributed by atoms with Gasteiger partial charge in [0.15, 0.2) is 0 Å². The SMILES string of the molecule is Cc1ccc(NC(=O)Cc2coc3cc(C)c(Cl)c(C)c23)cc1C. The van der Waals surface area contributed by atoms with Crippen LogP contribution >= 0.6 is 11.6 Å². The number of furan rings is 1. The van der Waals surface area contributed by atoms with Crippen molar-refractivity contribution in [1.29, 1.82) is 0 Å². The highest BCUT2D eigenvalue weighted by atomic mass is 35.5. The smallest absolute Gasteiger partial charge is 0.228 e. The molecule has 4 heteroatoms. The molecule has 3 rings (SSSR count). The molecule has 1 N–H and O–H groups in total. The van der Waals surface area contributed by atoms with Crippen molar-refractivity contribution in [3.05, 3.63) is 63.4 Å². The number of halogens is 1. The fraction of sp³-hybridized carbons (Fsp3) is 0.250. The summed E-state index contributed by atoms with van der Waals surface area (Å²) in [6, 6.07) is 7.81. The molecule has 0 radical (unpaired) electrons. The summed E-state index contributed by atoms with van der Waals surface area (Å²) < 4.78 is 5.61. The quantitative estimate of drug-likeness (QED) is 0.683. The van der Waals surface area contributed by atoms with E-state index in [0.29, 0.717) is 0 Å². The molecule has 0 atom stereocenters. The number of anilines is 1. The molecule has 1 heterocycles. The Hall–Kier alpha value is -2.26. The summed E-state index contributed by atoms with van der Waals surface area (Å²) in [6.07, 6.45) is 1.90. The first-order valence-electron chi connectivity index (χ1n) is 7.89. The molecule has 1 aromatic heterocycles. The zero-order valence-electron chi connectivity index (χ0n) is 14.3. The van der Waals surface area contributed by atoms with Crippen LogP contribution in [0.1, 0.15) is 27.8 Å². The molecule has 0 saturated carbocycles. The van der Waals surface area contributed by atoms with Gasteiger partial charge in [-0.2, -0.15) is 0 Å². The van der Waals surface area contributed by atoms with Gasteiger partial charge in [-0.1, -0.05) is 17.7 Å². The molecule has 24 heavy (non-hydrogen) atoms. The van der Waals surface area contributed by atoms with Crippen molar-refractivity contribution in [2.75, 3.05) is 5.32 Å². The van der Waals surface area contributed by atoms with Crippen molar-refractivity contribution in [3.63, 3.8) is 0 Å². The predicted molar refractivity (Wildman–Crippen MR) is 98.9 cm³/mol. The van der Waals surface area contributed by atoms with E-state index in [2.05, 4.69) is 5.32 Å². The summed E-state index contributed by atoms with van der Waals surface area (Å²) in [7, 11) is 0. The Kier molecular flexibility index (Phi) is 4.37. The average Bonchev–Trinajstić information content (AvgIpc) is 2.91. The van der Waals surface area contributed by atoms with Crippen LogP contribution in [0.5, 0.6) is 0 Å². The van der Waals surface area contributed by atoms with E-state index in [1.807, 2.05) is 52.0 Å². The molecule has 0 saturated heterocycles. The third-order valence-electron chi connectivity index (χ3n) is 4.44. The van der Waals surface area contributed by atoms with Gasteiger partial charge in [0, 0.05) is 21.7 Å². The van der Waals surface area contributed by atoms with E-state index in [0.717, 1.165) is 43.9 Å². The number of carbonyl (C=O) groups excluding carboxylic acids is 1. The zero-order valence-corrected chi connectivity index (χ0v) is 15.0. The van der Waals surface area contributed by atoms with Gasteiger partial charge in [-0.25, -0.2) is 0 Å². The Balaban J connectivity index is 1.85. The second-order valence-electron chi connectivity index (χ2n) is 6.29. The van der Waals surface area contributed by atoms with Crippen LogP contribution in [0.3, 0.4) is 0 Å². The lowest BCUT2D eigenvalue weighted by atomic mass is 10.0. The number of hydrogen-bond acceptors (Lipinski definition) is 2. The van der Waals surface area contributed by atoms with Crippen LogP contribution in [0.2, 0.25) is 5.02 Å². The largest absolute Gasteiger partial charge is 0.464 e. The molecular formula is C20H20ClNO2. The number of hydrogen-bond donors (Lipinski definition) is 1. The minimum Gasteiger partial charge on any atom is -0.464 e. The third-order valence-corrected chi connectivity index (χ3v) is 5.02. The van der Waals surface area contributed by atoms with E-state index in [1.54, 1.807) is 6.26 Å². The minimum absolute atomic E-state index is 0.0722. The van der Waals surface area contributed by atoms with Crippen molar-refractivity contribution in [2.24, 2.45) is 0 Å². The second kappa shape index (κ2) is 6.33. The summed E-state index contributed by atoms with van der Waals surface area (Å²) in [5.41, 5.74) is 6.71. The highest BCUT2D eigenvalue weighted by Crippen LogP contribution is 2.32. The van der Waals surface area contributed by atoms with Gasteiger partial charge in [-0.15, -0.1) is 0 Å². The lowest BCUT2D eigenvalue weighted by molar-refractivity contribution is -0.115. The van der Waals surface area contributed by atoms with Crippen molar-refractivity contribution >= 4 is 34.2 Å². The van der Waals surface area contributed by atoms with Crippen molar-refractivity contribution in [1.82, 2.24) is 0 Å². The molecule has 0 aliphatic carbocycles. The Bertz CT molecular complexity index is 940. The Morgan fingerprint density at radius 3 is 2.54 bits per heavy atom. The summed E-state index contributed by atoms with van der Waals surface area (Å²) >= 11 is 6.34. The maximum atomic E-state index is 12.4. The molecule has 0 fully saturated rings. The number of carbonyl (C=O) groups is 1. The number of rotatable bonds is 3. The number of fused-ring (bicyclic) bond motifs is 1. The van der Waals surface area contributed by atoms with Crippen molar-refractivity contribution in [3.8, 4) is 0 Å². The minimum atomic E-state index is -0.0722. The number of aryl methyl sites for hydroxylation is 4. The van der Waals surface area contributed by atoms with Gasteiger partial charge >= 0.3 is 0 Å². The summed E-state index contributed by atoms with van der Waals surface area (Å²) in [6.45, 7) is 7.98. The van der Waals surface area contributed by atoms with Crippen LogP contribution in [0.15, 0.2) is 34.9 Å². The average molecular weight is 342 g/mol. The Morgan fingerprint density at radius 1 is 1.08 bits per heavy atom. The summed E-state index contributed by atoms with van der Waals surface area (Å²) in [5, 5.41) is 4.60. The van der Waals surface area contributed by atoms with Gasteiger partial charge in [0.05, 0.1) is 12.7 Å². The predicted octanol–water partition coefficient (Wildman–Crippen LogP) is 5.50. The molecule has 0 unspecified atom stereocenters. The van der Waals surface area contributed by atoms with Crippen LogP contribution in [-0.4, -0.2) is 5.91 Å². The molecule has 3 aromatic rings. The second-order valence-corrected chi connectivity index (χ2v) is 6.67. The van der Waals surface area contributed by atoms with E-state index in [9.17, 15) is 4.79 Å². The number of benzene rings is 2. The molecule has 0 aliphatic heterocycles. The maximum Gasteiger partial charge on any atom is 0.228 e. The van der Waals surface area contributed by atoms with Crippen LogP contribution in [-0.2, 0) is 11.2 Å². The lowest BCUT2D eigenvalue weighted by Gasteiger charge is -2.08. The van der Waals surface area contributed by atoms with Gasteiger partial charge in [-0.05, 0) is 68.1 Å². The molecule has 0 spiro atoms. The van der Waals surface area contributed by atoms with Crippen molar-refractivity contribution in [2.45, 2.75) is 34.1 Å². The molecule has 3 nitrogen and oxygen atoms in total. The van der Waals surface area contributed by atoms with Crippen LogP contribution in [0.4, 0.5) is 5.69 Å². The van der Waals surface area contributed by atoms with Gasteiger partial charge in [-0.3, -0.25) is 4.79 Å². The third kappa shape index (κ3) is 3.04. The van der Waals surface area contributed by atoms with Crippen LogP contribution < -0.4 is 5.32 Å². The number of nitrogens with one attached hydrogen (secondary N) is 1. The van der Waals surface area contributed by atoms with Gasteiger partial charge in [0.25, 0.3) is 0 Å². The fourth-order valence-electron chi connectivity index (χ4n) is 2.94. The normalized spacial score (nSPS) is 11.0. The fourth-order valence-corrected chi connectivity index (χ4v) is 3.08. The molecule has 1 amide bonds. The first kappa shape index (κ1) is 16.6. The summed E-state index contributed by atoms with van der Waals surface area (Å²) in [5.74, 6) is -0.0722. The number of amides is 1. The van der Waals surface area contributed by atoms with E-state index < -0.39 is 0 Å². The lowest BCUT2D eigenvalue weighted by Crippen LogP contribution is -2.14. The van der Waals surface area contributed by atoms with E-state index >= 15 is 0 Å². The first-order valence-corrected chi connectivity index (χ1v) is 8.27. The zero-order chi connectivity index (χ0) is 17.4. The topological polar surface area (TPSA) is 42.2 Å². The van der Waals surface area contributed by atoms with Crippen LogP contribution in [0, 0.1) is 27.7 Å². The molecule has 2 aromatic carbocycles. The van der Waals surface area contributed by atoms with E-state index in [1.165, 1.54) is 5.56 Å².